The molecule has 3 fully saturated rings. The van der Waals surface area contributed by atoms with Crippen molar-refractivity contribution < 1.29 is 9.53 Å². The number of nitrogens with zero attached hydrogens (tertiary/aromatic N) is 2. The molecule has 26 heavy (non-hydrogen) atoms. The lowest BCUT2D eigenvalue weighted by atomic mass is 9.71. The lowest BCUT2D eigenvalue weighted by Gasteiger charge is -2.40. The smallest absolute Gasteiger partial charge is 0.223 e. The first-order chi connectivity index (χ1) is 11.7. The largest absolute Gasteiger partial charge is 0.379 e. The lowest BCUT2D eigenvalue weighted by Crippen LogP contribution is -2.47. The second-order valence-electron chi connectivity index (χ2n) is 8.20. The van der Waals surface area contributed by atoms with Gasteiger partial charge in [-0.05, 0) is 43.6 Å². The molecule has 154 valence electrons. The Kier molecular flexibility index (Phi) is 10.8. The standard InChI is InChI=1S/C19H35N3O2.2ClH/c20-16-19(6-2-1-3-7-19)13-18(23)22-8-4-5-17(15-22)14-21-9-11-24-12-10-21;;/h17H,1-16,20H2;2*1H. The highest BCUT2D eigenvalue weighted by molar-refractivity contribution is 5.85. The molecule has 2 aliphatic heterocycles. The number of likely N-dealkylation sites (tertiary alicyclic amines) is 1. The van der Waals surface area contributed by atoms with Crippen LogP contribution in [0.5, 0.6) is 0 Å². The van der Waals surface area contributed by atoms with Crippen LogP contribution < -0.4 is 5.73 Å². The van der Waals surface area contributed by atoms with Crippen molar-refractivity contribution in [3.8, 4) is 0 Å². The summed E-state index contributed by atoms with van der Waals surface area (Å²) < 4.78 is 5.44. The van der Waals surface area contributed by atoms with Gasteiger partial charge >= 0.3 is 0 Å². The zero-order valence-corrected chi connectivity index (χ0v) is 17.6. The average Bonchev–Trinajstić information content (AvgIpc) is 2.63. The molecule has 2 heterocycles. The normalized spacial score (nSPS) is 26.5. The second kappa shape index (κ2) is 11.7. The van der Waals surface area contributed by atoms with Crippen LogP contribution >= 0.6 is 24.8 Å². The molecule has 0 spiro atoms. The summed E-state index contributed by atoms with van der Waals surface area (Å²) in [5.74, 6) is 0.981. The summed E-state index contributed by atoms with van der Waals surface area (Å²) in [6.07, 6.45) is 9.14. The van der Waals surface area contributed by atoms with E-state index in [1.165, 1.54) is 25.7 Å². The summed E-state index contributed by atoms with van der Waals surface area (Å²) in [6, 6.07) is 0. The molecular weight excluding hydrogens is 373 g/mol. The maximum atomic E-state index is 12.9. The van der Waals surface area contributed by atoms with Crippen molar-refractivity contribution in [1.29, 1.82) is 0 Å². The minimum Gasteiger partial charge on any atom is -0.379 e. The Bertz CT molecular complexity index is 414. The number of rotatable bonds is 5. The van der Waals surface area contributed by atoms with Crippen molar-refractivity contribution in [2.45, 2.75) is 51.4 Å². The fourth-order valence-corrected chi connectivity index (χ4v) is 4.78. The van der Waals surface area contributed by atoms with Gasteiger partial charge in [-0.2, -0.15) is 0 Å². The molecule has 1 amide bonds. The Hall–Kier alpha value is -0.0700. The Morgan fingerprint density at radius 3 is 2.38 bits per heavy atom. The van der Waals surface area contributed by atoms with Gasteiger partial charge in [-0.1, -0.05) is 19.3 Å². The third-order valence-electron chi connectivity index (χ3n) is 6.37. The number of piperidine rings is 1. The minimum atomic E-state index is 0. The topological polar surface area (TPSA) is 58.8 Å². The van der Waals surface area contributed by atoms with Crippen LogP contribution in [0.4, 0.5) is 0 Å². The van der Waals surface area contributed by atoms with Crippen LogP contribution in [0.1, 0.15) is 51.4 Å². The number of hydrogen-bond donors (Lipinski definition) is 1. The number of amides is 1. The van der Waals surface area contributed by atoms with Gasteiger partial charge in [0.1, 0.15) is 0 Å². The lowest BCUT2D eigenvalue weighted by molar-refractivity contribution is -0.136. The molecule has 0 radical (unpaired) electrons. The summed E-state index contributed by atoms with van der Waals surface area (Å²) >= 11 is 0. The van der Waals surface area contributed by atoms with Gasteiger partial charge in [0, 0.05) is 39.1 Å². The number of nitrogens with two attached hydrogens (primary N) is 1. The van der Waals surface area contributed by atoms with Crippen molar-refractivity contribution in [1.82, 2.24) is 9.80 Å². The molecule has 0 aromatic rings. The third kappa shape index (κ3) is 6.52. The van der Waals surface area contributed by atoms with Gasteiger partial charge < -0.3 is 15.4 Å². The van der Waals surface area contributed by atoms with Crippen molar-refractivity contribution in [3.63, 3.8) is 0 Å². The van der Waals surface area contributed by atoms with Crippen molar-refractivity contribution >= 4 is 30.7 Å². The predicted octanol–water partition coefficient (Wildman–Crippen LogP) is 2.70. The van der Waals surface area contributed by atoms with Gasteiger partial charge in [0.2, 0.25) is 5.91 Å². The Morgan fingerprint density at radius 2 is 1.73 bits per heavy atom. The van der Waals surface area contributed by atoms with E-state index in [0.717, 1.165) is 65.2 Å². The maximum absolute atomic E-state index is 12.9. The van der Waals surface area contributed by atoms with Gasteiger partial charge in [0.15, 0.2) is 0 Å². The van der Waals surface area contributed by atoms with E-state index < -0.39 is 0 Å². The van der Waals surface area contributed by atoms with Gasteiger partial charge in [0.05, 0.1) is 13.2 Å². The molecule has 0 aromatic carbocycles. The van der Waals surface area contributed by atoms with Gasteiger partial charge in [0.25, 0.3) is 0 Å². The second-order valence-corrected chi connectivity index (χ2v) is 8.20. The van der Waals surface area contributed by atoms with E-state index in [-0.39, 0.29) is 30.2 Å². The number of morpholine rings is 1. The Morgan fingerprint density at radius 1 is 1.04 bits per heavy atom. The summed E-state index contributed by atoms with van der Waals surface area (Å²) in [4.78, 5) is 17.5. The molecule has 2 N–H and O–H groups in total. The van der Waals surface area contributed by atoms with Crippen LogP contribution in [0.2, 0.25) is 0 Å². The molecule has 2 saturated heterocycles. The molecule has 1 unspecified atom stereocenters. The Balaban J connectivity index is 0.00000169. The van der Waals surface area contributed by atoms with Crippen molar-refractivity contribution in [3.05, 3.63) is 0 Å². The SMILES string of the molecule is Cl.Cl.NCC1(CC(=O)N2CCCC(CN3CCOCC3)C2)CCCCC1. The fraction of sp³-hybridized carbons (Fsp3) is 0.947. The summed E-state index contributed by atoms with van der Waals surface area (Å²) in [7, 11) is 0. The van der Waals surface area contributed by atoms with Crippen LogP contribution in [0.15, 0.2) is 0 Å². The Labute approximate surface area is 171 Å². The number of carbonyl (C=O) groups excluding carboxylic acids is 1. The monoisotopic (exact) mass is 409 g/mol. The summed E-state index contributed by atoms with van der Waals surface area (Å²) in [6.45, 7) is 7.47. The highest BCUT2D eigenvalue weighted by Crippen LogP contribution is 2.39. The summed E-state index contributed by atoms with van der Waals surface area (Å²) in [5, 5.41) is 0. The van der Waals surface area contributed by atoms with Crippen LogP contribution in [0.3, 0.4) is 0 Å². The van der Waals surface area contributed by atoms with Crippen LogP contribution in [0, 0.1) is 11.3 Å². The van der Waals surface area contributed by atoms with Gasteiger partial charge in [-0.25, -0.2) is 0 Å². The van der Waals surface area contributed by atoms with E-state index in [0.29, 0.717) is 24.8 Å². The summed E-state index contributed by atoms with van der Waals surface area (Å²) in [5.41, 5.74) is 6.17. The predicted molar refractivity (Wildman–Crippen MR) is 110 cm³/mol. The van der Waals surface area contributed by atoms with E-state index in [9.17, 15) is 4.79 Å². The van der Waals surface area contributed by atoms with Crippen molar-refractivity contribution in [2.75, 3.05) is 52.5 Å². The number of ether oxygens (including phenoxy) is 1. The number of halogens is 2. The zero-order chi connectivity index (χ0) is 16.8. The van der Waals surface area contributed by atoms with Gasteiger partial charge in [-0.15, -0.1) is 24.8 Å². The average molecular weight is 410 g/mol. The molecule has 3 rings (SSSR count). The van der Waals surface area contributed by atoms with Crippen LogP contribution in [-0.2, 0) is 9.53 Å². The molecule has 1 saturated carbocycles. The van der Waals surface area contributed by atoms with E-state index in [4.69, 9.17) is 10.5 Å². The first-order valence-electron chi connectivity index (χ1n) is 9.99. The van der Waals surface area contributed by atoms with E-state index in [1.807, 2.05) is 0 Å². The molecule has 5 nitrogen and oxygen atoms in total. The number of hydrogen-bond acceptors (Lipinski definition) is 4. The van der Waals surface area contributed by atoms with Crippen LogP contribution in [0.25, 0.3) is 0 Å². The molecular formula is C19H37Cl2N3O2. The molecule has 1 aliphatic carbocycles. The van der Waals surface area contributed by atoms with Gasteiger partial charge in [-0.3, -0.25) is 9.69 Å². The zero-order valence-electron chi connectivity index (χ0n) is 16.0. The molecule has 3 aliphatic rings. The molecule has 0 aromatic heterocycles. The van der Waals surface area contributed by atoms with Crippen molar-refractivity contribution in [2.24, 2.45) is 17.1 Å². The first-order valence-corrected chi connectivity index (χ1v) is 9.99. The van der Waals surface area contributed by atoms with Crippen LogP contribution in [-0.4, -0.2) is 68.2 Å². The molecule has 1 atom stereocenters. The minimum absolute atomic E-state index is 0. The molecule has 7 heteroatoms. The van der Waals surface area contributed by atoms with E-state index >= 15 is 0 Å². The van der Waals surface area contributed by atoms with E-state index in [1.54, 1.807) is 0 Å². The highest BCUT2D eigenvalue weighted by atomic mass is 35.5. The first kappa shape index (κ1) is 24.0. The highest BCUT2D eigenvalue weighted by Gasteiger charge is 2.35. The third-order valence-corrected chi connectivity index (χ3v) is 6.37. The fourth-order valence-electron chi connectivity index (χ4n) is 4.78. The quantitative estimate of drug-likeness (QED) is 0.757. The maximum Gasteiger partial charge on any atom is 0.223 e. The molecule has 0 bridgehead atoms. The van der Waals surface area contributed by atoms with E-state index in [2.05, 4.69) is 9.80 Å². The number of carbonyl (C=O) groups is 1.